The lowest BCUT2D eigenvalue weighted by Crippen LogP contribution is -2.37. The van der Waals surface area contributed by atoms with Gasteiger partial charge in [-0.3, -0.25) is 4.79 Å². The first-order valence-electron chi connectivity index (χ1n) is 5.12. The Labute approximate surface area is 96.0 Å². The second kappa shape index (κ2) is 7.59. The van der Waals surface area contributed by atoms with E-state index in [0.717, 1.165) is 0 Å². The summed E-state index contributed by atoms with van der Waals surface area (Å²) in [5, 5.41) is 8.57. The molecule has 0 aromatic rings. The monoisotopic (exact) mass is 253 g/mol. The fraction of sp³-hybridized carbons (Fsp3) is 0.889. The van der Waals surface area contributed by atoms with Gasteiger partial charge in [0.05, 0.1) is 12.2 Å². The third-order valence-electron chi connectivity index (χ3n) is 2.02. The van der Waals surface area contributed by atoms with Crippen molar-refractivity contribution in [3.63, 3.8) is 0 Å². The molecular weight excluding hydrogens is 234 g/mol. The van der Waals surface area contributed by atoms with Gasteiger partial charge < -0.3 is 9.84 Å². The van der Waals surface area contributed by atoms with Crippen LogP contribution in [-0.4, -0.2) is 45.0 Å². The molecule has 0 saturated heterocycles. The number of aliphatic carboxylic acids is 1. The van der Waals surface area contributed by atoms with Crippen molar-refractivity contribution >= 4 is 16.0 Å². The largest absolute Gasteiger partial charge is 0.481 e. The van der Waals surface area contributed by atoms with Crippen LogP contribution in [0, 0.1) is 0 Å². The van der Waals surface area contributed by atoms with Crippen LogP contribution in [0.4, 0.5) is 0 Å². The van der Waals surface area contributed by atoms with E-state index in [1.165, 1.54) is 7.11 Å². The summed E-state index contributed by atoms with van der Waals surface area (Å²) >= 11 is 0. The highest BCUT2D eigenvalue weighted by Gasteiger charge is 2.18. The number of carbonyl (C=O) groups is 1. The molecule has 0 aliphatic rings. The van der Waals surface area contributed by atoms with Crippen molar-refractivity contribution in [3.05, 3.63) is 0 Å². The van der Waals surface area contributed by atoms with E-state index in [4.69, 9.17) is 9.84 Å². The maximum Gasteiger partial charge on any atom is 0.304 e. The summed E-state index contributed by atoms with van der Waals surface area (Å²) in [5.41, 5.74) is 0. The fourth-order valence-electron chi connectivity index (χ4n) is 1.19. The van der Waals surface area contributed by atoms with Gasteiger partial charge >= 0.3 is 5.97 Å². The number of rotatable bonds is 9. The molecule has 0 rings (SSSR count). The molecule has 0 aromatic carbocycles. The lowest BCUT2D eigenvalue weighted by atomic mass is 10.2. The molecule has 96 valence electrons. The first-order chi connectivity index (χ1) is 7.41. The molecule has 0 aliphatic carbocycles. The summed E-state index contributed by atoms with van der Waals surface area (Å²) in [5.74, 6) is -1.05. The Kier molecular flexibility index (Phi) is 7.27. The highest BCUT2D eigenvalue weighted by Crippen LogP contribution is 2.01. The summed E-state index contributed by atoms with van der Waals surface area (Å²) in [6.45, 7) is 2.11. The van der Waals surface area contributed by atoms with Crippen molar-refractivity contribution in [2.24, 2.45) is 0 Å². The van der Waals surface area contributed by atoms with Crippen molar-refractivity contribution in [1.82, 2.24) is 4.72 Å². The van der Waals surface area contributed by atoms with Crippen LogP contribution >= 0.6 is 0 Å². The van der Waals surface area contributed by atoms with E-state index < -0.39 is 22.0 Å². The zero-order chi connectivity index (χ0) is 12.6. The van der Waals surface area contributed by atoms with Crippen LogP contribution in [0.2, 0.25) is 0 Å². The lowest BCUT2D eigenvalue weighted by Gasteiger charge is -2.14. The Balaban J connectivity index is 4.15. The molecule has 0 radical (unpaired) electrons. The van der Waals surface area contributed by atoms with E-state index >= 15 is 0 Å². The van der Waals surface area contributed by atoms with Crippen LogP contribution in [0.1, 0.15) is 26.2 Å². The summed E-state index contributed by atoms with van der Waals surface area (Å²) in [6.07, 6.45) is 0.658. The minimum absolute atomic E-state index is 0.0447. The Hall–Kier alpha value is -0.660. The smallest absolute Gasteiger partial charge is 0.304 e. The van der Waals surface area contributed by atoms with Gasteiger partial charge in [0.15, 0.2) is 0 Å². The third-order valence-corrected chi connectivity index (χ3v) is 3.54. The second-order valence-corrected chi connectivity index (χ2v) is 5.36. The highest BCUT2D eigenvalue weighted by atomic mass is 32.2. The maximum atomic E-state index is 11.5. The molecule has 7 heteroatoms. The predicted molar refractivity (Wildman–Crippen MR) is 59.7 cm³/mol. The summed E-state index contributed by atoms with van der Waals surface area (Å²) < 4.78 is 30.1. The van der Waals surface area contributed by atoms with Gasteiger partial charge in [-0.15, -0.1) is 0 Å². The van der Waals surface area contributed by atoms with Gasteiger partial charge in [-0.1, -0.05) is 6.92 Å². The Morgan fingerprint density at radius 1 is 1.50 bits per heavy atom. The fourth-order valence-corrected chi connectivity index (χ4v) is 2.56. The number of carboxylic acids is 1. The number of nitrogens with one attached hydrogen (secondary N) is 1. The van der Waals surface area contributed by atoms with Gasteiger partial charge in [0.1, 0.15) is 0 Å². The number of carboxylic acid groups (broad SMARTS) is 1. The summed E-state index contributed by atoms with van der Waals surface area (Å²) in [4.78, 5) is 10.5. The van der Waals surface area contributed by atoms with Crippen molar-refractivity contribution in [1.29, 1.82) is 0 Å². The van der Waals surface area contributed by atoms with E-state index in [2.05, 4.69) is 4.72 Å². The third kappa shape index (κ3) is 7.61. The standard InChI is InChI=1S/C9H19NO5S/c1-3-8(7-9(11)12)10-16(13,14)6-4-5-15-2/h8,10H,3-7H2,1-2H3,(H,11,12). The molecule has 1 unspecified atom stereocenters. The lowest BCUT2D eigenvalue weighted by molar-refractivity contribution is -0.137. The van der Waals surface area contributed by atoms with Crippen molar-refractivity contribution in [3.8, 4) is 0 Å². The van der Waals surface area contributed by atoms with E-state index in [-0.39, 0.29) is 12.2 Å². The zero-order valence-electron chi connectivity index (χ0n) is 9.60. The molecule has 0 spiro atoms. The molecule has 0 saturated carbocycles. The van der Waals surface area contributed by atoms with Gasteiger partial charge in [-0.25, -0.2) is 13.1 Å². The zero-order valence-corrected chi connectivity index (χ0v) is 10.4. The van der Waals surface area contributed by atoms with Crippen molar-refractivity contribution in [2.45, 2.75) is 32.2 Å². The van der Waals surface area contributed by atoms with Crippen molar-refractivity contribution in [2.75, 3.05) is 19.5 Å². The number of methoxy groups -OCH3 is 1. The predicted octanol–water partition coefficient (Wildman–Crippen LogP) is 0.196. The SMILES string of the molecule is CCC(CC(=O)O)NS(=O)(=O)CCCOC. The number of ether oxygens (including phenoxy) is 1. The molecule has 0 bridgehead atoms. The molecule has 1 atom stereocenters. The molecule has 6 nitrogen and oxygen atoms in total. The van der Waals surface area contributed by atoms with Crippen LogP contribution in [0.25, 0.3) is 0 Å². The van der Waals surface area contributed by atoms with Crippen LogP contribution in [0.3, 0.4) is 0 Å². The maximum absolute atomic E-state index is 11.5. The van der Waals surface area contributed by atoms with Crippen LogP contribution in [-0.2, 0) is 19.6 Å². The summed E-state index contributed by atoms with van der Waals surface area (Å²) in [6, 6.07) is -0.537. The minimum atomic E-state index is -3.40. The Bertz CT molecular complexity index is 301. The first kappa shape index (κ1) is 15.3. The Morgan fingerprint density at radius 3 is 2.56 bits per heavy atom. The Morgan fingerprint density at radius 2 is 2.12 bits per heavy atom. The molecule has 0 aromatic heterocycles. The minimum Gasteiger partial charge on any atom is -0.481 e. The number of hydrogen-bond donors (Lipinski definition) is 2. The van der Waals surface area contributed by atoms with Crippen LogP contribution in [0.15, 0.2) is 0 Å². The molecule has 0 aliphatic heterocycles. The average molecular weight is 253 g/mol. The van der Waals surface area contributed by atoms with Gasteiger partial charge in [0.25, 0.3) is 0 Å². The van der Waals surface area contributed by atoms with E-state index in [1.807, 2.05) is 0 Å². The van der Waals surface area contributed by atoms with E-state index in [9.17, 15) is 13.2 Å². The average Bonchev–Trinajstić information content (AvgIpc) is 2.15. The van der Waals surface area contributed by atoms with Crippen LogP contribution < -0.4 is 4.72 Å². The van der Waals surface area contributed by atoms with E-state index in [1.54, 1.807) is 6.92 Å². The quantitative estimate of drug-likeness (QED) is 0.572. The normalized spacial score (nSPS) is 13.6. The van der Waals surface area contributed by atoms with Crippen LogP contribution in [0.5, 0.6) is 0 Å². The van der Waals surface area contributed by atoms with Gasteiger partial charge in [-0.05, 0) is 12.8 Å². The van der Waals surface area contributed by atoms with E-state index in [0.29, 0.717) is 19.4 Å². The molecular formula is C9H19NO5S. The van der Waals surface area contributed by atoms with Gasteiger partial charge in [0, 0.05) is 19.8 Å². The highest BCUT2D eigenvalue weighted by molar-refractivity contribution is 7.89. The summed E-state index contributed by atoms with van der Waals surface area (Å²) in [7, 11) is -1.90. The molecule has 0 amide bonds. The van der Waals surface area contributed by atoms with Gasteiger partial charge in [-0.2, -0.15) is 0 Å². The molecule has 0 fully saturated rings. The molecule has 0 heterocycles. The number of sulfonamides is 1. The second-order valence-electron chi connectivity index (χ2n) is 3.49. The topological polar surface area (TPSA) is 92.7 Å². The molecule has 16 heavy (non-hydrogen) atoms. The first-order valence-corrected chi connectivity index (χ1v) is 6.77. The molecule has 2 N–H and O–H groups in total. The van der Waals surface area contributed by atoms with Gasteiger partial charge in [0.2, 0.25) is 10.0 Å². The van der Waals surface area contributed by atoms with Crippen molar-refractivity contribution < 1.29 is 23.1 Å². The number of hydrogen-bond acceptors (Lipinski definition) is 4.